The quantitative estimate of drug-likeness (QED) is 0.685. The number of rotatable bonds is 9. The predicted molar refractivity (Wildman–Crippen MR) is 110 cm³/mol. The summed E-state index contributed by atoms with van der Waals surface area (Å²) in [5.74, 6) is 0.671. The van der Waals surface area contributed by atoms with Crippen LogP contribution in [0.3, 0.4) is 0 Å². The van der Waals surface area contributed by atoms with E-state index in [0.29, 0.717) is 29.2 Å². The lowest BCUT2D eigenvalue weighted by Crippen LogP contribution is -2.35. The highest BCUT2D eigenvalue weighted by molar-refractivity contribution is 6.04. The average molecular weight is 384 g/mol. The van der Waals surface area contributed by atoms with Gasteiger partial charge in [0.15, 0.2) is 6.10 Å². The number of methoxy groups -OCH3 is 1. The van der Waals surface area contributed by atoms with Crippen molar-refractivity contribution in [3.8, 4) is 11.5 Å². The summed E-state index contributed by atoms with van der Waals surface area (Å²) in [6.07, 6.45) is 0.606. The summed E-state index contributed by atoms with van der Waals surface area (Å²) in [7, 11) is 1.57. The molecule has 0 aliphatic carbocycles. The van der Waals surface area contributed by atoms with E-state index in [4.69, 9.17) is 9.47 Å². The molecule has 6 nitrogen and oxygen atoms in total. The number of carbonyl (C=O) groups is 2. The zero-order valence-corrected chi connectivity index (χ0v) is 16.8. The smallest absolute Gasteiger partial charge is 0.265 e. The van der Waals surface area contributed by atoms with Gasteiger partial charge >= 0.3 is 0 Å². The van der Waals surface area contributed by atoms with Crippen LogP contribution in [0.5, 0.6) is 11.5 Å². The van der Waals surface area contributed by atoms with Crippen molar-refractivity contribution in [2.45, 2.75) is 45.8 Å². The van der Waals surface area contributed by atoms with Crippen molar-refractivity contribution >= 4 is 17.5 Å². The minimum absolute atomic E-state index is 0.0519. The zero-order chi connectivity index (χ0) is 20.5. The maximum absolute atomic E-state index is 12.8. The van der Waals surface area contributed by atoms with Gasteiger partial charge in [0.05, 0.1) is 18.4 Å². The van der Waals surface area contributed by atoms with E-state index < -0.39 is 6.10 Å². The first-order valence-corrected chi connectivity index (χ1v) is 9.49. The SMILES string of the molecule is CC[C@@H](C)NC(=O)c1ccccc1NC(=O)[C@H](CC)Oc1cccc(OC)c1. The van der Waals surface area contributed by atoms with Crippen molar-refractivity contribution in [1.82, 2.24) is 5.32 Å². The second-order valence-electron chi connectivity index (χ2n) is 6.51. The van der Waals surface area contributed by atoms with Gasteiger partial charge in [-0.3, -0.25) is 9.59 Å². The van der Waals surface area contributed by atoms with Crippen molar-refractivity contribution in [2.24, 2.45) is 0 Å². The summed E-state index contributed by atoms with van der Waals surface area (Å²) >= 11 is 0. The summed E-state index contributed by atoms with van der Waals surface area (Å²) in [4.78, 5) is 25.3. The number of hydrogen-bond acceptors (Lipinski definition) is 4. The topological polar surface area (TPSA) is 76.7 Å². The van der Waals surface area contributed by atoms with Gasteiger partial charge in [-0.05, 0) is 44.0 Å². The van der Waals surface area contributed by atoms with Crippen LogP contribution in [-0.4, -0.2) is 31.1 Å². The fourth-order valence-corrected chi connectivity index (χ4v) is 2.57. The number of amides is 2. The lowest BCUT2D eigenvalue weighted by molar-refractivity contribution is -0.122. The van der Waals surface area contributed by atoms with E-state index in [9.17, 15) is 9.59 Å². The molecule has 0 aromatic heterocycles. The molecule has 2 aromatic rings. The van der Waals surface area contributed by atoms with Gasteiger partial charge in [0.25, 0.3) is 11.8 Å². The second kappa shape index (κ2) is 10.3. The van der Waals surface area contributed by atoms with Crippen LogP contribution >= 0.6 is 0 Å². The molecule has 2 atom stereocenters. The Kier molecular flexibility index (Phi) is 7.87. The normalized spacial score (nSPS) is 12.6. The third-order valence-corrected chi connectivity index (χ3v) is 4.40. The first-order chi connectivity index (χ1) is 13.5. The zero-order valence-electron chi connectivity index (χ0n) is 16.8. The largest absolute Gasteiger partial charge is 0.497 e. The maximum atomic E-state index is 12.8. The van der Waals surface area contributed by atoms with Gasteiger partial charge in [0.2, 0.25) is 0 Å². The second-order valence-corrected chi connectivity index (χ2v) is 6.51. The molecule has 0 aliphatic rings. The van der Waals surface area contributed by atoms with Crippen molar-refractivity contribution in [3.05, 3.63) is 54.1 Å². The van der Waals surface area contributed by atoms with Gasteiger partial charge < -0.3 is 20.1 Å². The van der Waals surface area contributed by atoms with E-state index in [0.717, 1.165) is 6.42 Å². The van der Waals surface area contributed by atoms with Gasteiger partial charge in [0, 0.05) is 12.1 Å². The van der Waals surface area contributed by atoms with Crippen LogP contribution in [0, 0.1) is 0 Å². The van der Waals surface area contributed by atoms with E-state index in [1.54, 1.807) is 55.6 Å². The Morgan fingerprint density at radius 3 is 2.39 bits per heavy atom. The maximum Gasteiger partial charge on any atom is 0.265 e. The number of anilines is 1. The highest BCUT2D eigenvalue weighted by atomic mass is 16.5. The molecule has 0 aliphatic heterocycles. The third kappa shape index (κ3) is 5.74. The molecule has 0 spiro atoms. The lowest BCUT2D eigenvalue weighted by Gasteiger charge is -2.19. The van der Waals surface area contributed by atoms with Crippen LogP contribution in [0.25, 0.3) is 0 Å². The average Bonchev–Trinajstić information content (AvgIpc) is 2.72. The van der Waals surface area contributed by atoms with Crippen LogP contribution in [0.1, 0.15) is 44.0 Å². The highest BCUT2D eigenvalue weighted by Gasteiger charge is 2.21. The minimum Gasteiger partial charge on any atom is -0.497 e. The van der Waals surface area contributed by atoms with E-state index in [1.165, 1.54) is 0 Å². The number of carbonyl (C=O) groups excluding carboxylic acids is 2. The molecular weight excluding hydrogens is 356 g/mol. The number of ether oxygens (including phenoxy) is 2. The van der Waals surface area contributed by atoms with E-state index in [1.807, 2.05) is 20.8 Å². The summed E-state index contributed by atoms with van der Waals surface area (Å²) in [5.41, 5.74) is 0.883. The number of hydrogen-bond donors (Lipinski definition) is 2. The summed E-state index contributed by atoms with van der Waals surface area (Å²) in [5, 5.41) is 5.75. The monoisotopic (exact) mass is 384 g/mol. The molecule has 150 valence electrons. The third-order valence-electron chi connectivity index (χ3n) is 4.40. The Hall–Kier alpha value is -3.02. The van der Waals surface area contributed by atoms with Gasteiger partial charge in [-0.15, -0.1) is 0 Å². The standard InChI is InChI=1S/C22H28N2O4/c1-5-15(3)23-21(25)18-12-7-8-13-19(18)24-22(26)20(6-2)28-17-11-9-10-16(14-17)27-4/h7-15,20H,5-6H2,1-4H3,(H,23,25)(H,24,26)/t15-,20+/m1/s1. The molecule has 0 heterocycles. The summed E-state index contributed by atoms with van der Waals surface area (Å²) < 4.78 is 11.0. The Morgan fingerprint density at radius 1 is 1.00 bits per heavy atom. The Balaban J connectivity index is 2.13. The lowest BCUT2D eigenvalue weighted by atomic mass is 10.1. The fourth-order valence-electron chi connectivity index (χ4n) is 2.57. The minimum atomic E-state index is -0.696. The van der Waals surface area contributed by atoms with Gasteiger partial charge in [-0.25, -0.2) is 0 Å². The van der Waals surface area contributed by atoms with Crippen LogP contribution in [-0.2, 0) is 4.79 Å². The molecule has 0 fully saturated rings. The Bertz CT molecular complexity index is 807. The van der Waals surface area contributed by atoms with Gasteiger partial charge in [-0.2, -0.15) is 0 Å². The van der Waals surface area contributed by atoms with Gasteiger partial charge in [-0.1, -0.05) is 32.0 Å². The molecule has 0 saturated heterocycles. The molecule has 6 heteroatoms. The summed E-state index contributed by atoms with van der Waals surface area (Å²) in [6, 6.07) is 14.1. The van der Waals surface area contributed by atoms with E-state index >= 15 is 0 Å². The molecule has 2 N–H and O–H groups in total. The molecule has 2 aromatic carbocycles. The Morgan fingerprint density at radius 2 is 1.71 bits per heavy atom. The molecule has 2 rings (SSSR count). The highest BCUT2D eigenvalue weighted by Crippen LogP contribution is 2.22. The number of benzene rings is 2. The molecule has 2 amide bonds. The van der Waals surface area contributed by atoms with Crippen molar-refractivity contribution in [3.63, 3.8) is 0 Å². The molecule has 0 bridgehead atoms. The first kappa shape index (κ1) is 21.3. The van der Waals surface area contributed by atoms with E-state index in [-0.39, 0.29) is 17.9 Å². The van der Waals surface area contributed by atoms with Crippen molar-refractivity contribution in [2.75, 3.05) is 12.4 Å². The molecule has 28 heavy (non-hydrogen) atoms. The van der Waals surface area contributed by atoms with Gasteiger partial charge in [0.1, 0.15) is 11.5 Å². The fraction of sp³-hybridized carbons (Fsp3) is 0.364. The van der Waals surface area contributed by atoms with Crippen LogP contribution in [0.2, 0.25) is 0 Å². The van der Waals surface area contributed by atoms with Crippen LogP contribution in [0.15, 0.2) is 48.5 Å². The van der Waals surface area contributed by atoms with E-state index in [2.05, 4.69) is 10.6 Å². The molecule has 0 unspecified atom stereocenters. The van der Waals surface area contributed by atoms with Crippen LogP contribution in [0.4, 0.5) is 5.69 Å². The molecular formula is C22H28N2O4. The summed E-state index contributed by atoms with van der Waals surface area (Å²) in [6.45, 7) is 5.81. The molecule has 0 radical (unpaired) electrons. The van der Waals surface area contributed by atoms with Crippen molar-refractivity contribution in [1.29, 1.82) is 0 Å². The number of para-hydroxylation sites is 1. The van der Waals surface area contributed by atoms with Crippen LogP contribution < -0.4 is 20.1 Å². The number of nitrogens with one attached hydrogen (secondary N) is 2. The van der Waals surface area contributed by atoms with Crippen molar-refractivity contribution < 1.29 is 19.1 Å². The first-order valence-electron chi connectivity index (χ1n) is 9.49. The molecule has 0 saturated carbocycles. The Labute approximate surface area is 166 Å². The predicted octanol–water partition coefficient (Wildman–Crippen LogP) is 4.02.